The number of ether oxygens (including phenoxy) is 1. The molecule has 1 saturated heterocycles. The highest BCUT2D eigenvalue weighted by Gasteiger charge is 2.26. The second-order valence-corrected chi connectivity index (χ2v) is 7.34. The van der Waals surface area contributed by atoms with Crippen LogP contribution in [-0.2, 0) is 0 Å². The summed E-state index contributed by atoms with van der Waals surface area (Å²) < 4.78 is 5.26. The molecule has 0 aliphatic carbocycles. The Morgan fingerprint density at radius 1 is 1.11 bits per heavy atom. The van der Waals surface area contributed by atoms with Crippen molar-refractivity contribution < 1.29 is 14.6 Å². The summed E-state index contributed by atoms with van der Waals surface area (Å²) in [5.74, 6) is 1.52. The maximum atomic E-state index is 13.1. The Kier molecular flexibility index (Phi) is 4.90. The zero-order valence-corrected chi connectivity index (χ0v) is 16.2. The van der Waals surface area contributed by atoms with Crippen molar-refractivity contribution in [2.24, 2.45) is 0 Å². The van der Waals surface area contributed by atoms with Crippen molar-refractivity contribution in [3.8, 4) is 11.5 Å². The van der Waals surface area contributed by atoms with Crippen LogP contribution in [0.1, 0.15) is 40.4 Å². The first-order chi connectivity index (χ1) is 13.5. The number of piperidine rings is 1. The van der Waals surface area contributed by atoms with Crippen LogP contribution >= 0.6 is 0 Å². The van der Waals surface area contributed by atoms with Crippen molar-refractivity contribution in [3.63, 3.8) is 0 Å². The van der Waals surface area contributed by atoms with Gasteiger partial charge in [-0.2, -0.15) is 0 Å². The third-order valence-corrected chi connectivity index (χ3v) is 5.59. The van der Waals surface area contributed by atoms with E-state index in [1.807, 2.05) is 48.2 Å². The van der Waals surface area contributed by atoms with E-state index in [0.29, 0.717) is 11.5 Å². The maximum absolute atomic E-state index is 13.1. The molecule has 144 valence electrons. The number of rotatable bonds is 3. The summed E-state index contributed by atoms with van der Waals surface area (Å²) in [7, 11) is 1.63. The number of fused-ring (bicyclic) bond motifs is 1. The van der Waals surface area contributed by atoms with Crippen LogP contribution in [0.4, 0.5) is 0 Å². The van der Waals surface area contributed by atoms with Crippen molar-refractivity contribution in [2.75, 3.05) is 20.2 Å². The highest BCUT2D eigenvalue weighted by atomic mass is 16.5. The molecule has 2 aromatic carbocycles. The monoisotopic (exact) mass is 376 g/mol. The number of phenols is 1. The number of aromatic nitrogens is 1. The van der Waals surface area contributed by atoms with E-state index >= 15 is 0 Å². The summed E-state index contributed by atoms with van der Waals surface area (Å²) in [6.07, 6.45) is 1.85. The van der Waals surface area contributed by atoms with E-state index in [9.17, 15) is 9.90 Å². The van der Waals surface area contributed by atoms with Gasteiger partial charge in [-0.25, -0.2) is 0 Å². The molecule has 0 unspecified atom stereocenters. The van der Waals surface area contributed by atoms with E-state index in [4.69, 9.17) is 4.74 Å². The van der Waals surface area contributed by atoms with Crippen LogP contribution in [0.5, 0.6) is 11.5 Å². The summed E-state index contributed by atoms with van der Waals surface area (Å²) in [6, 6.07) is 15.1. The molecule has 0 atom stereocenters. The van der Waals surface area contributed by atoms with E-state index in [1.54, 1.807) is 19.2 Å². The molecule has 0 radical (unpaired) electrons. The molecule has 1 aliphatic rings. The Labute approximate surface area is 164 Å². The number of carbonyl (C=O) groups is 1. The standard InChI is InChI=1S/C23H24N2O3/c1-15-21(13-18-5-8-20(28-2)14-22(18)24-15)23(27)25-11-9-17(10-12-25)16-3-6-19(26)7-4-16/h3-8,13-14,17,26H,9-12H2,1-2H3. The van der Waals surface area contributed by atoms with Crippen molar-refractivity contribution in [1.82, 2.24) is 9.88 Å². The van der Waals surface area contributed by atoms with Gasteiger partial charge in [-0.15, -0.1) is 0 Å². The van der Waals surface area contributed by atoms with Crippen LogP contribution in [0.2, 0.25) is 0 Å². The molecule has 1 N–H and O–H groups in total. The SMILES string of the molecule is COc1ccc2cc(C(=O)N3CCC(c4ccc(O)cc4)CC3)c(C)nc2c1. The molecule has 1 aromatic heterocycles. The van der Waals surface area contributed by atoms with Gasteiger partial charge in [0.2, 0.25) is 0 Å². The number of amides is 1. The fourth-order valence-corrected chi connectivity index (χ4v) is 3.92. The van der Waals surface area contributed by atoms with Crippen molar-refractivity contribution >= 4 is 16.8 Å². The van der Waals surface area contributed by atoms with Crippen molar-refractivity contribution in [1.29, 1.82) is 0 Å². The normalized spacial score (nSPS) is 15.0. The molecule has 28 heavy (non-hydrogen) atoms. The Morgan fingerprint density at radius 3 is 2.50 bits per heavy atom. The Morgan fingerprint density at radius 2 is 1.82 bits per heavy atom. The van der Waals surface area contributed by atoms with E-state index in [0.717, 1.165) is 48.3 Å². The molecule has 5 nitrogen and oxygen atoms in total. The van der Waals surface area contributed by atoms with E-state index < -0.39 is 0 Å². The lowest BCUT2D eigenvalue weighted by Gasteiger charge is -2.32. The molecule has 1 aliphatic heterocycles. The maximum Gasteiger partial charge on any atom is 0.255 e. The highest BCUT2D eigenvalue weighted by molar-refractivity contribution is 5.98. The van der Waals surface area contributed by atoms with Gasteiger partial charge in [0.1, 0.15) is 11.5 Å². The van der Waals surface area contributed by atoms with Crippen LogP contribution in [0.25, 0.3) is 10.9 Å². The quantitative estimate of drug-likeness (QED) is 0.741. The second-order valence-electron chi connectivity index (χ2n) is 7.34. The molecule has 1 fully saturated rings. The van der Waals surface area contributed by atoms with Crippen LogP contribution in [0.3, 0.4) is 0 Å². The molecule has 0 saturated carbocycles. The minimum Gasteiger partial charge on any atom is -0.508 e. The second kappa shape index (κ2) is 7.50. The molecule has 0 spiro atoms. The number of aryl methyl sites for hydroxylation is 1. The topological polar surface area (TPSA) is 62.7 Å². The highest BCUT2D eigenvalue weighted by Crippen LogP contribution is 2.30. The molecular weight excluding hydrogens is 352 g/mol. The number of nitrogens with zero attached hydrogens (tertiary/aromatic N) is 2. The molecule has 2 heterocycles. The number of aromatic hydroxyl groups is 1. The Bertz CT molecular complexity index is 1010. The first-order valence-electron chi connectivity index (χ1n) is 9.59. The number of benzene rings is 2. The largest absolute Gasteiger partial charge is 0.508 e. The van der Waals surface area contributed by atoms with Gasteiger partial charge in [0, 0.05) is 24.5 Å². The fourth-order valence-electron chi connectivity index (χ4n) is 3.92. The van der Waals surface area contributed by atoms with Gasteiger partial charge in [0.05, 0.1) is 23.9 Å². The van der Waals surface area contributed by atoms with Crippen molar-refractivity contribution in [2.45, 2.75) is 25.7 Å². The lowest BCUT2D eigenvalue weighted by atomic mass is 9.89. The number of phenolic OH excluding ortho intramolecular Hbond substituents is 1. The summed E-state index contributed by atoms with van der Waals surface area (Å²) in [4.78, 5) is 19.6. The summed E-state index contributed by atoms with van der Waals surface area (Å²) in [6.45, 7) is 3.34. The summed E-state index contributed by atoms with van der Waals surface area (Å²) in [5.41, 5.74) is 3.47. The Hall–Kier alpha value is -3.08. The number of pyridine rings is 1. The lowest BCUT2D eigenvalue weighted by Crippen LogP contribution is -2.38. The van der Waals surface area contributed by atoms with Gasteiger partial charge < -0.3 is 14.7 Å². The lowest BCUT2D eigenvalue weighted by molar-refractivity contribution is 0.0712. The van der Waals surface area contributed by atoms with Crippen LogP contribution in [0, 0.1) is 6.92 Å². The summed E-state index contributed by atoms with van der Waals surface area (Å²) >= 11 is 0. The first-order valence-corrected chi connectivity index (χ1v) is 9.59. The predicted octanol–water partition coefficient (Wildman–Crippen LogP) is 4.28. The van der Waals surface area contributed by atoms with E-state index in [2.05, 4.69) is 4.98 Å². The molecule has 5 heteroatoms. The van der Waals surface area contributed by atoms with Gasteiger partial charge in [0.25, 0.3) is 5.91 Å². The number of hydrogen-bond acceptors (Lipinski definition) is 4. The Balaban J connectivity index is 1.50. The predicted molar refractivity (Wildman–Crippen MR) is 109 cm³/mol. The first kappa shape index (κ1) is 18.3. The van der Waals surface area contributed by atoms with Gasteiger partial charge in [-0.05, 0) is 61.6 Å². The molecule has 3 aromatic rings. The number of likely N-dealkylation sites (tertiary alicyclic amines) is 1. The molecule has 4 rings (SSSR count). The van der Waals surface area contributed by atoms with Gasteiger partial charge in [-0.1, -0.05) is 12.1 Å². The van der Waals surface area contributed by atoms with Crippen LogP contribution in [0.15, 0.2) is 48.5 Å². The van der Waals surface area contributed by atoms with Crippen molar-refractivity contribution in [3.05, 3.63) is 65.4 Å². The number of carbonyl (C=O) groups excluding carboxylic acids is 1. The van der Waals surface area contributed by atoms with Gasteiger partial charge in [-0.3, -0.25) is 9.78 Å². The minimum atomic E-state index is 0.0480. The number of hydrogen-bond donors (Lipinski definition) is 1. The van der Waals surface area contributed by atoms with E-state index in [-0.39, 0.29) is 11.7 Å². The smallest absolute Gasteiger partial charge is 0.255 e. The number of methoxy groups -OCH3 is 1. The minimum absolute atomic E-state index is 0.0480. The van der Waals surface area contributed by atoms with Gasteiger partial charge >= 0.3 is 0 Å². The average Bonchev–Trinajstić information content (AvgIpc) is 2.73. The zero-order valence-electron chi connectivity index (χ0n) is 16.2. The zero-order chi connectivity index (χ0) is 19.7. The third kappa shape index (κ3) is 3.52. The van der Waals surface area contributed by atoms with Crippen LogP contribution < -0.4 is 4.74 Å². The van der Waals surface area contributed by atoms with E-state index in [1.165, 1.54) is 5.56 Å². The van der Waals surface area contributed by atoms with Gasteiger partial charge in [0.15, 0.2) is 0 Å². The molecular formula is C23H24N2O3. The third-order valence-electron chi connectivity index (χ3n) is 5.59. The van der Waals surface area contributed by atoms with Crippen LogP contribution in [-0.4, -0.2) is 41.1 Å². The average molecular weight is 376 g/mol. The fraction of sp³-hybridized carbons (Fsp3) is 0.304. The molecule has 0 bridgehead atoms. The molecule has 1 amide bonds. The summed E-state index contributed by atoms with van der Waals surface area (Å²) in [5, 5.41) is 10.4.